The number of piperazine rings is 1. The van der Waals surface area contributed by atoms with E-state index in [-0.39, 0.29) is 23.9 Å². The molecular formula is C12H22N2O3. The van der Waals surface area contributed by atoms with Gasteiger partial charge in [-0.25, -0.2) is 0 Å². The minimum atomic E-state index is -0.849. The molecule has 1 saturated heterocycles. The summed E-state index contributed by atoms with van der Waals surface area (Å²) in [5.41, 5.74) is -0.104. The zero-order valence-corrected chi connectivity index (χ0v) is 10.8. The van der Waals surface area contributed by atoms with E-state index in [0.29, 0.717) is 13.0 Å². The Bertz CT molecular complexity index is 302. The van der Waals surface area contributed by atoms with Crippen LogP contribution in [0.4, 0.5) is 0 Å². The summed E-state index contributed by atoms with van der Waals surface area (Å²) in [6.45, 7) is 7.67. The summed E-state index contributed by atoms with van der Waals surface area (Å²) in [6, 6.07) is -0.310. The highest BCUT2D eigenvalue weighted by Crippen LogP contribution is 2.24. The van der Waals surface area contributed by atoms with Gasteiger partial charge in [0.05, 0.1) is 6.04 Å². The van der Waals surface area contributed by atoms with Gasteiger partial charge in [-0.15, -0.1) is 0 Å². The average Bonchev–Trinajstić information content (AvgIpc) is 2.23. The smallest absolute Gasteiger partial charge is 0.303 e. The number of hydrogen-bond donors (Lipinski definition) is 2. The molecule has 98 valence electrons. The third-order valence-electron chi connectivity index (χ3n) is 3.25. The molecule has 0 saturated carbocycles. The molecule has 1 heterocycles. The van der Waals surface area contributed by atoms with Crippen LogP contribution in [0, 0.1) is 0 Å². The van der Waals surface area contributed by atoms with Crippen LogP contribution in [0.3, 0.4) is 0 Å². The predicted molar refractivity (Wildman–Crippen MR) is 64.7 cm³/mol. The molecule has 5 heteroatoms. The minimum absolute atomic E-state index is 0.0361. The van der Waals surface area contributed by atoms with Crippen molar-refractivity contribution in [3.8, 4) is 0 Å². The zero-order valence-electron chi connectivity index (χ0n) is 10.8. The SMILES string of the molecule is CCCN1C(CCC(=O)O)C(=O)NCC1(C)C. The number of carboxylic acids is 1. The second kappa shape index (κ2) is 5.49. The number of nitrogens with one attached hydrogen (secondary N) is 1. The van der Waals surface area contributed by atoms with Crippen molar-refractivity contribution in [3.63, 3.8) is 0 Å². The fraction of sp³-hybridized carbons (Fsp3) is 0.833. The van der Waals surface area contributed by atoms with Gasteiger partial charge in [-0.3, -0.25) is 14.5 Å². The van der Waals surface area contributed by atoms with E-state index in [1.807, 2.05) is 0 Å². The lowest BCUT2D eigenvalue weighted by molar-refractivity contribution is -0.139. The maximum absolute atomic E-state index is 11.8. The van der Waals surface area contributed by atoms with Crippen LogP contribution in [-0.4, -0.2) is 46.6 Å². The molecule has 0 spiro atoms. The zero-order chi connectivity index (χ0) is 13.1. The van der Waals surface area contributed by atoms with Crippen molar-refractivity contribution in [3.05, 3.63) is 0 Å². The quantitative estimate of drug-likeness (QED) is 0.749. The maximum Gasteiger partial charge on any atom is 0.303 e. The highest BCUT2D eigenvalue weighted by Gasteiger charge is 2.40. The van der Waals surface area contributed by atoms with E-state index in [1.165, 1.54) is 0 Å². The number of rotatable bonds is 5. The molecule has 17 heavy (non-hydrogen) atoms. The molecule has 2 N–H and O–H groups in total. The first-order valence-corrected chi connectivity index (χ1v) is 6.14. The monoisotopic (exact) mass is 242 g/mol. The topological polar surface area (TPSA) is 69.6 Å². The van der Waals surface area contributed by atoms with Crippen molar-refractivity contribution in [2.75, 3.05) is 13.1 Å². The van der Waals surface area contributed by atoms with Crippen molar-refractivity contribution in [1.29, 1.82) is 0 Å². The van der Waals surface area contributed by atoms with Crippen LogP contribution in [0.5, 0.6) is 0 Å². The molecule has 0 aromatic carbocycles. The van der Waals surface area contributed by atoms with E-state index < -0.39 is 5.97 Å². The Morgan fingerprint density at radius 2 is 2.24 bits per heavy atom. The molecule has 5 nitrogen and oxygen atoms in total. The van der Waals surface area contributed by atoms with E-state index in [4.69, 9.17) is 5.11 Å². The summed E-state index contributed by atoms with van der Waals surface area (Å²) in [5, 5.41) is 11.6. The molecule has 1 aliphatic heterocycles. The van der Waals surface area contributed by atoms with Gasteiger partial charge in [-0.05, 0) is 33.2 Å². The lowest BCUT2D eigenvalue weighted by Gasteiger charge is -2.47. The van der Waals surface area contributed by atoms with Gasteiger partial charge in [0.25, 0.3) is 0 Å². The maximum atomic E-state index is 11.8. The lowest BCUT2D eigenvalue weighted by Crippen LogP contribution is -2.65. The number of aliphatic carboxylic acids is 1. The van der Waals surface area contributed by atoms with Crippen molar-refractivity contribution in [2.45, 2.75) is 51.6 Å². The van der Waals surface area contributed by atoms with Crippen LogP contribution in [0.15, 0.2) is 0 Å². The number of carbonyl (C=O) groups is 2. The number of nitrogens with zero attached hydrogens (tertiary/aromatic N) is 1. The van der Waals surface area contributed by atoms with Gasteiger partial charge in [0.15, 0.2) is 0 Å². The summed E-state index contributed by atoms with van der Waals surface area (Å²) in [7, 11) is 0. The Labute approximate surface area is 102 Å². The fourth-order valence-corrected chi connectivity index (χ4v) is 2.33. The molecule has 0 aromatic rings. The van der Waals surface area contributed by atoms with Crippen LogP contribution in [-0.2, 0) is 9.59 Å². The first kappa shape index (κ1) is 14.0. The van der Waals surface area contributed by atoms with E-state index in [2.05, 4.69) is 31.0 Å². The van der Waals surface area contributed by atoms with Crippen LogP contribution in [0.1, 0.15) is 40.0 Å². The predicted octanol–water partition coefficient (Wildman–Crippen LogP) is 0.840. The summed E-state index contributed by atoms with van der Waals surface area (Å²) in [6.07, 6.45) is 1.37. The molecule has 1 atom stereocenters. The van der Waals surface area contributed by atoms with Gasteiger partial charge in [0, 0.05) is 18.5 Å². The van der Waals surface area contributed by atoms with Crippen LogP contribution in [0.25, 0.3) is 0 Å². The first-order chi connectivity index (χ1) is 7.88. The molecule has 0 radical (unpaired) electrons. The van der Waals surface area contributed by atoms with Crippen LogP contribution >= 0.6 is 0 Å². The summed E-state index contributed by atoms with van der Waals surface area (Å²) in [4.78, 5) is 24.6. The van der Waals surface area contributed by atoms with Crippen molar-refractivity contribution >= 4 is 11.9 Å². The second-order valence-electron chi connectivity index (χ2n) is 5.17. The van der Waals surface area contributed by atoms with E-state index in [0.717, 1.165) is 13.0 Å². The standard InChI is InChI=1S/C12H22N2O3/c1-4-7-14-9(5-6-10(15)16)11(17)13-8-12(14,2)3/h9H,4-8H2,1-3H3,(H,13,17)(H,15,16). The summed E-state index contributed by atoms with van der Waals surface area (Å²) in [5.74, 6) is -0.892. The summed E-state index contributed by atoms with van der Waals surface area (Å²) < 4.78 is 0. The molecular weight excluding hydrogens is 220 g/mol. The van der Waals surface area contributed by atoms with Crippen molar-refractivity contribution < 1.29 is 14.7 Å². The highest BCUT2D eigenvalue weighted by molar-refractivity contribution is 5.83. The van der Waals surface area contributed by atoms with E-state index in [1.54, 1.807) is 0 Å². The van der Waals surface area contributed by atoms with Crippen molar-refractivity contribution in [2.24, 2.45) is 0 Å². The Morgan fingerprint density at radius 1 is 1.59 bits per heavy atom. The Balaban J connectivity index is 2.78. The molecule has 1 aliphatic rings. The fourth-order valence-electron chi connectivity index (χ4n) is 2.33. The van der Waals surface area contributed by atoms with Crippen LogP contribution in [0.2, 0.25) is 0 Å². The second-order valence-corrected chi connectivity index (χ2v) is 5.17. The molecule has 0 aromatic heterocycles. The van der Waals surface area contributed by atoms with Gasteiger partial charge in [0.2, 0.25) is 5.91 Å². The Kier molecular flexibility index (Phi) is 4.51. The van der Waals surface area contributed by atoms with E-state index in [9.17, 15) is 9.59 Å². The van der Waals surface area contributed by atoms with Gasteiger partial charge in [-0.1, -0.05) is 6.92 Å². The van der Waals surface area contributed by atoms with Crippen molar-refractivity contribution in [1.82, 2.24) is 10.2 Å². The van der Waals surface area contributed by atoms with E-state index >= 15 is 0 Å². The van der Waals surface area contributed by atoms with Gasteiger partial charge in [0.1, 0.15) is 0 Å². The third kappa shape index (κ3) is 3.43. The summed E-state index contributed by atoms with van der Waals surface area (Å²) >= 11 is 0. The van der Waals surface area contributed by atoms with Crippen LogP contribution < -0.4 is 5.32 Å². The molecule has 1 amide bonds. The van der Waals surface area contributed by atoms with Gasteiger partial charge in [-0.2, -0.15) is 0 Å². The Morgan fingerprint density at radius 3 is 2.76 bits per heavy atom. The normalized spacial score (nSPS) is 24.4. The first-order valence-electron chi connectivity index (χ1n) is 6.14. The van der Waals surface area contributed by atoms with Gasteiger partial charge >= 0.3 is 5.97 Å². The molecule has 1 fully saturated rings. The number of carboxylic acid groups (broad SMARTS) is 1. The molecule has 0 bridgehead atoms. The number of hydrogen-bond acceptors (Lipinski definition) is 3. The van der Waals surface area contributed by atoms with Gasteiger partial charge < -0.3 is 10.4 Å². The third-order valence-corrected chi connectivity index (χ3v) is 3.25. The largest absolute Gasteiger partial charge is 0.481 e. The Hall–Kier alpha value is -1.10. The minimum Gasteiger partial charge on any atom is -0.481 e. The molecule has 1 unspecified atom stereocenters. The molecule has 1 rings (SSSR count). The average molecular weight is 242 g/mol. The number of carbonyl (C=O) groups excluding carboxylic acids is 1. The highest BCUT2D eigenvalue weighted by atomic mass is 16.4. The lowest BCUT2D eigenvalue weighted by atomic mass is 9.93. The number of amides is 1. The molecule has 0 aliphatic carbocycles.